The van der Waals surface area contributed by atoms with Crippen molar-refractivity contribution in [2.24, 2.45) is 17.1 Å². The zero-order valence-corrected chi connectivity index (χ0v) is 10.8. The van der Waals surface area contributed by atoms with Crippen LogP contribution in [0, 0.1) is 11.3 Å². The fourth-order valence-corrected chi connectivity index (χ4v) is 2.51. The summed E-state index contributed by atoms with van der Waals surface area (Å²) in [5.41, 5.74) is 6.11. The molecule has 1 aliphatic rings. The van der Waals surface area contributed by atoms with Gasteiger partial charge < -0.3 is 10.6 Å². The lowest BCUT2D eigenvalue weighted by atomic mass is 9.93. The van der Waals surface area contributed by atoms with Gasteiger partial charge in [-0.05, 0) is 56.7 Å². The lowest BCUT2D eigenvalue weighted by Gasteiger charge is -2.20. The summed E-state index contributed by atoms with van der Waals surface area (Å²) >= 11 is 0. The first kappa shape index (κ1) is 13.0. The smallest absolute Gasteiger partial charge is 0.00332 e. The molecule has 15 heavy (non-hydrogen) atoms. The molecule has 0 aliphatic carbocycles. The summed E-state index contributed by atoms with van der Waals surface area (Å²) in [6.45, 7) is 11.8. The van der Waals surface area contributed by atoms with Crippen LogP contribution in [0.4, 0.5) is 0 Å². The van der Waals surface area contributed by atoms with E-state index in [0.29, 0.717) is 5.41 Å². The fourth-order valence-electron chi connectivity index (χ4n) is 2.51. The molecule has 1 rings (SSSR count). The molecule has 0 bridgehead atoms. The van der Waals surface area contributed by atoms with Gasteiger partial charge in [-0.2, -0.15) is 0 Å². The third-order valence-corrected chi connectivity index (χ3v) is 3.59. The highest BCUT2D eigenvalue weighted by Gasteiger charge is 2.28. The number of rotatable bonds is 6. The molecule has 2 heteroatoms. The summed E-state index contributed by atoms with van der Waals surface area (Å²) in [6.07, 6.45) is 5.24. The van der Waals surface area contributed by atoms with Crippen LogP contribution in [-0.4, -0.2) is 31.1 Å². The van der Waals surface area contributed by atoms with Crippen molar-refractivity contribution in [2.45, 2.75) is 46.5 Å². The number of likely N-dealkylation sites (tertiary alicyclic amines) is 1. The quantitative estimate of drug-likeness (QED) is 0.733. The van der Waals surface area contributed by atoms with Gasteiger partial charge in [0.25, 0.3) is 0 Å². The summed E-state index contributed by atoms with van der Waals surface area (Å²) in [4.78, 5) is 2.62. The minimum Gasteiger partial charge on any atom is -0.330 e. The topological polar surface area (TPSA) is 29.3 Å². The molecule has 2 nitrogen and oxygen atoms in total. The largest absolute Gasteiger partial charge is 0.330 e. The highest BCUT2D eigenvalue weighted by atomic mass is 15.1. The predicted molar refractivity (Wildman–Crippen MR) is 66.9 cm³/mol. The molecular weight excluding hydrogens is 184 g/mol. The number of hydrogen-bond donors (Lipinski definition) is 1. The highest BCUT2D eigenvalue weighted by Crippen LogP contribution is 2.28. The molecule has 0 amide bonds. The number of nitrogens with two attached hydrogens (primary N) is 1. The van der Waals surface area contributed by atoms with E-state index in [2.05, 4.69) is 25.7 Å². The van der Waals surface area contributed by atoms with Gasteiger partial charge in [-0.25, -0.2) is 0 Å². The Morgan fingerprint density at radius 1 is 1.33 bits per heavy atom. The van der Waals surface area contributed by atoms with Crippen LogP contribution in [0.25, 0.3) is 0 Å². The summed E-state index contributed by atoms with van der Waals surface area (Å²) in [7, 11) is 0. The second kappa shape index (κ2) is 5.86. The Balaban J connectivity index is 2.06. The Kier molecular flexibility index (Phi) is 5.07. The standard InChI is InChI=1S/C13H28N2/c1-12(6-8-14)5-4-9-15-10-7-13(2,3)11-15/h12H,4-11,14H2,1-3H3. The molecule has 1 unspecified atom stereocenters. The summed E-state index contributed by atoms with van der Waals surface area (Å²) in [5.74, 6) is 0.811. The molecule has 0 aromatic rings. The molecule has 1 atom stereocenters. The van der Waals surface area contributed by atoms with E-state index in [1.165, 1.54) is 45.3 Å². The van der Waals surface area contributed by atoms with Crippen molar-refractivity contribution < 1.29 is 0 Å². The molecule has 2 N–H and O–H groups in total. The van der Waals surface area contributed by atoms with Crippen LogP contribution in [0.2, 0.25) is 0 Å². The summed E-state index contributed by atoms with van der Waals surface area (Å²) in [5, 5.41) is 0. The number of hydrogen-bond acceptors (Lipinski definition) is 2. The molecule has 1 saturated heterocycles. The second-order valence-corrected chi connectivity index (χ2v) is 6.02. The van der Waals surface area contributed by atoms with E-state index in [1.807, 2.05) is 0 Å². The summed E-state index contributed by atoms with van der Waals surface area (Å²) < 4.78 is 0. The van der Waals surface area contributed by atoms with Crippen molar-refractivity contribution in [3.8, 4) is 0 Å². The van der Waals surface area contributed by atoms with Crippen LogP contribution in [0.5, 0.6) is 0 Å². The summed E-state index contributed by atoms with van der Waals surface area (Å²) in [6, 6.07) is 0. The van der Waals surface area contributed by atoms with Gasteiger partial charge in [0.05, 0.1) is 0 Å². The van der Waals surface area contributed by atoms with Crippen LogP contribution in [-0.2, 0) is 0 Å². The molecule has 0 spiro atoms. The van der Waals surface area contributed by atoms with E-state index in [0.717, 1.165) is 12.5 Å². The molecule has 0 radical (unpaired) electrons. The van der Waals surface area contributed by atoms with Gasteiger partial charge in [-0.1, -0.05) is 20.8 Å². The van der Waals surface area contributed by atoms with E-state index in [1.54, 1.807) is 0 Å². The zero-order valence-electron chi connectivity index (χ0n) is 10.8. The van der Waals surface area contributed by atoms with Gasteiger partial charge in [-0.3, -0.25) is 0 Å². The molecule has 1 fully saturated rings. The van der Waals surface area contributed by atoms with Crippen molar-refractivity contribution in [1.82, 2.24) is 4.90 Å². The minimum absolute atomic E-state index is 0.558. The lowest BCUT2D eigenvalue weighted by Crippen LogP contribution is -2.24. The van der Waals surface area contributed by atoms with Crippen LogP contribution in [0.3, 0.4) is 0 Å². The maximum Gasteiger partial charge on any atom is 0.00332 e. The van der Waals surface area contributed by atoms with Crippen molar-refractivity contribution in [3.63, 3.8) is 0 Å². The van der Waals surface area contributed by atoms with Gasteiger partial charge in [0.2, 0.25) is 0 Å². The molecule has 90 valence electrons. The lowest BCUT2D eigenvalue weighted by molar-refractivity contribution is 0.278. The van der Waals surface area contributed by atoms with Gasteiger partial charge in [0, 0.05) is 6.54 Å². The van der Waals surface area contributed by atoms with Gasteiger partial charge >= 0.3 is 0 Å². The van der Waals surface area contributed by atoms with E-state index >= 15 is 0 Å². The van der Waals surface area contributed by atoms with Crippen molar-refractivity contribution in [3.05, 3.63) is 0 Å². The van der Waals surface area contributed by atoms with Crippen LogP contribution >= 0.6 is 0 Å². The van der Waals surface area contributed by atoms with E-state index in [9.17, 15) is 0 Å². The molecule has 0 saturated carbocycles. The molecule has 1 aliphatic heterocycles. The first-order chi connectivity index (χ1) is 7.03. The SMILES string of the molecule is CC(CCN)CCCN1CCC(C)(C)C1. The van der Waals surface area contributed by atoms with Gasteiger partial charge in [0.1, 0.15) is 0 Å². The fraction of sp³-hybridized carbons (Fsp3) is 1.00. The third-order valence-electron chi connectivity index (χ3n) is 3.59. The Morgan fingerprint density at radius 3 is 2.60 bits per heavy atom. The molecule has 0 aromatic heterocycles. The molecule has 0 aromatic carbocycles. The predicted octanol–water partition coefficient (Wildman–Crippen LogP) is 2.48. The molecule has 1 heterocycles. The maximum atomic E-state index is 5.55. The zero-order chi connectivity index (χ0) is 11.3. The van der Waals surface area contributed by atoms with Gasteiger partial charge in [0.15, 0.2) is 0 Å². The van der Waals surface area contributed by atoms with Crippen LogP contribution < -0.4 is 5.73 Å². The minimum atomic E-state index is 0.558. The average molecular weight is 212 g/mol. The van der Waals surface area contributed by atoms with Crippen LogP contribution in [0.15, 0.2) is 0 Å². The number of nitrogens with zero attached hydrogens (tertiary/aromatic N) is 1. The van der Waals surface area contributed by atoms with Crippen molar-refractivity contribution in [1.29, 1.82) is 0 Å². The Bertz CT molecular complexity index is 177. The Labute approximate surface area is 95.2 Å². The normalized spacial score (nSPS) is 23.2. The van der Waals surface area contributed by atoms with Crippen LogP contribution in [0.1, 0.15) is 46.5 Å². The second-order valence-electron chi connectivity index (χ2n) is 6.02. The van der Waals surface area contributed by atoms with Crippen molar-refractivity contribution >= 4 is 0 Å². The Morgan fingerprint density at radius 2 is 2.07 bits per heavy atom. The first-order valence-electron chi connectivity index (χ1n) is 6.46. The maximum absolute atomic E-state index is 5.55. The average Bonchev–Trinajstić information content (AvgIpc) is 2.46. The monoisotopic (exact) mass is 212 g/mol. The Hall–Kier alpha value is -0.0800. The van der Waals surface area contributed by atoms with E-state index < -0.39 is 0 Å². The van der Waals surface area contributed by atoms with Gasteiger partial charge in [-0.15, -0.1) is 0 Å². The van der Waals surface area contributed by atoms with Crippen molar-refractivity contribution in [2.75, 3.05) is 26.2 Å². The highest BCUT2D eigenvalue weighted by molar-refractivity contribution is 4.82. The van der Waals surface area contributed by atoms with E-state index in [4.69, 9.17) is 5.73 Å². The third kappa shape index (κ3) is 4.98. The van der Waals surface area contributed by atoms with E-state index in [-0.39, 0.29) is 0 Å². The first-order valence-corrected chi connectivity index (χ1v) is 6.46. The molecular formula is C13H28N2.